The van der Waals surface area contributed by atoms with E-state index in [0.717, 1.165) is 4.47 Å². The lowest BCUT2D eigenvalue weighted by molar-refractivity contribution is 1.07. The fourth-order valence-electron chi connectivity index (χ4n) is 1.74. The van der Waals surface area contributed by atoms with E-state index in [1.54, 1.807) is 18.2 Å². The van der Waals surface area contributed by atoms with Crippen molar-refractivity contribution < 1.29 is 0 Å². The van der Waals surface area contributed by atoms with Crippen LogP contribution in [-0.2, 0) is 0 Å². The normalized spacial score (nSPS) is 11.1. The smallest absolute Gasteiger partial charge is 0.327 e. The molecule has 96 valence electrons. The molecule has 0 radical (unpaired) electrons. The van der Waals surface area contributed by atoms with Crippen LogP contribution >= 0.6 is 27.5 Å². The van der Waals surface area contributed by atoms with Gasteiger partial charge in [0.15, 0.2) is 5.65 Å². The highest BCUT2D eigenvalue weighted by Crippen LogP contribution is 2.29. The maximum atomic E-state index is 11.6. The summed E-state index contributed by atoms with van der Waals surface area (Å²) < 4.78 is 0.773. The first kappa shape index (κ1) is 12.2. The van der Waals surface area contributed by atoms with Crippen LogP contribution in [0.2, 0.25) is 5.02 Å². The number of fused-ring (bicyclic) bond motifs is 1. The average Bonchev–Trinajstić information content (AvgIpc) is 2.76. The van der Waals surface area contributed by atoms with E-state index in [1.165, 1.54) is 0 Å². The van der Waals surface area contributed by atoms with E-state index in [0.29, 0.717) is 16.4 Å². The van der Waals surface area contributed by atoms with Gasteiger partial charge in [0, 0.05) is 15.1 Å². The van der Waals surface area contributed by atoms with Gasteiger partial charge < -0.3 is 4.98 Å². The summed E-state index contributed by atoms with van der Waals surface area (Å²) in [4.78, 5) is 34.4. The van der Waals surface area contributed by atoms with Crippen molar-refractivity contribution in [2.24, 2.45) is 0 Å². The first-order chi connectivity index (χ1) is 9.04. The summed E-state index contributed by atoms with van der Waals surface area (Å²) in [5.74, 6) is 0.441. The second-order valence-electron chi connectivity index (χ2n) is 3.84. The van der Waals surface area contributed by atoms with Gasteiger partial charge in [0.05, 0.1) is 0 Å². The number of hydrogen-bond acceptors (Lipinski definition) is 3. The molecule has 0 aliphatic carbocycles. The minimum Gasteiger partial charge on any atom is -0.332 e. The van der Waals surface area contributed by atoms with Gasteiger partial charge in [-0.05, 0) is 18.2 Å². The molecule has 1 aromatic carbocycles. The van der Waals surface area contributed by atoms with Crippen LogP contribution in [0.5, 0.6) is 0 Å². The Labute approximate surface area is 119 Å². The third kappa shape index (κ3) is 2.11. The molecule has 19 heavy (non-hydrogen) atoms. The molecule has 2 heterocycles. The largest absolute Gasteiger partial charge is 0.332 e. The number of hydrogen-bond donors (Lipinski definition) is 3. The van der Waals surface area contributed by atoms with E-state index in [1.807, 2.05) is 0 Å². The zero-order valence-electron chi connectivity index (χ0n) is 9.25. The Morgan fingerprint density at radius 3 is 2.74 bits per heavy atom. The number of H-pyrrole nitrogens is 3. The lowest BCUT2D eigenvalue weighted by atomic mass is 10.2. The van der Waals surface area contributed by atoms with Gasteiger partial charge in [0.25, 0.3) is 5.56 Å². The Hall–Kier alpha value is -1.86. The maximum absolute atomic E-state index is 11.6. The third-order valence-electron chi connectivity index (χ3n) is 2.57. The Kier molecular flexibility index (Phi) is 2.79. The zero-order valence-corrected chi connectivity index (χ0v) is 11.6. The molecule has 0 amide bonds. The first-order valence-corrected chi connectivity index (χ1v) is 6.39. The molecule has 2 aromatic heterocycles. The van der Waals surface area contributed by atoms with Crippen molar-refractivity contribution in [3.05, 3.63) is 48.5 Å². The van der Waals surface area contributed by atoms with Crippen molar-refractivity contribution >= 4 is 38.7 Å². The minimum atomic E-state index is -0.597. The second kappa shape index (κ2) is 4.36. The van der Waals surface area contributed by atoms with Gasteiger partial charge in [-0.2, -0.15) is 0 Å². The zero-order chi connectivity index (χ0) is 13.6. The van der Waals surface area contributed by atoms with E-state index in [-0.39, 0.29) is 11.2 Å². The van der Waals surface area contributed by atoms with Crippen LogP contribution in [0.15, 0.2) is 32.3 Å². The third-order valence-corrected chi connectivity index (χ3v) is 3.50. The number of aromatic nitrogens is 4. The van der Waals surface area contributed by atoms with Gasteiger partial charge in [-0.25, -0.2) is 9.78 Å². The molecule has 0 atom stereocenters. The summed E-state index contributed by atoms with van der Waals surface area (Å²) in [5, 5.41) is 0.543. The lowest BCUT2D eigenvalue weighted by Crippen LogP contribution is -2.21. The molecule has 0 aliphatic rings. The number of nitrogens with one attached hydrogen (secondary N) is 3. The van der Waals surface area contributed by atoms with Crippen LogP contribution in [-0.4, -0.2) is 19.9 Å². The summed E-state index contributed by atoms with van der Waals surface area (Å²) in [5.41, 5.74) is -0.00240. The summed E-state index contributed by atoms with van der Waals surface area (Å²) >= 11 is 9.31. The second-order valence-corrected chi connectivity index (χ2v) is 5.13. The van der Waals surface area contributed by atoms with Gasteiger partial charge in [-0.1, -0.05) is 27.5 Å². The van der Waals surface area contributed by atoms with Crippen LogP contribution in [0, 0.1) is 0 Å². The monoisotopic (exact) mass is 340 g/mol. The molecule has 3 N–H and O–H groups in total. The van der Waals surface area contributed by atoms with E-state index < -0.39 is 11.2 Å². The van der Waals surface area contributed by atoms with Crippen LogP contribution in [0.3, 0.4) is 0 Å². The van der Waals surface area contributed by atoms with Crippen LogP contribution in [0.1, 0.15) is 0 Å². The average molecular weight is 342 g/mol. The van der Waals surface area contributed by atoms with Crippen LogP contribution in [0.25, 0.3) is 22.6 Å². The number of rotatable bonds is 1. The van der Waals surface area contributed by atoms with E-state index in [4.69, 9.17) is 11.6 Å². The standard InChI is InChI=1S/C11H6BrClN4O2/c12-6-2-1-4(13)3-5(6)8-14-7-9(15-8)16-11(19)17-10(7)18/h1-3H,(H3,14,15,16,17,18,19). The van der Waals surface area contributed by atoms with Crippen molar-refractivity contribution in [2.45, 2.75) is 0 Å². The van der Waals surface area contributed by atoms with Crippen LogP contribution < -0.4 is 11.2 Å². The molecule has 0 saturated heterocycles. The highest BCUT2D eigenvalue weighted by Gasteiger charge is 2.12. The fourth-order valence-corrected chi connectivity index (χ4v) is 2.35. The minimum absolute atomic E-state index is 0.204. The van der Waals surface area contributed by atoms with E-state index in [9.17, 15) is 9.59 Å². The predicted octanol–water partition coefficient (Wildman–Crippen LogP) is 2.02. The van der Waals surface area contributed by atoms with Crippen molar-refractivity contribution in [2.75, 3.05) is 0 Å². The highest BCUT2D eigenvalue weighted by molar-refractivity contribution is 9.10. The molecular weight excluding hydrogens is 336 g/mol. The summed E-state index contributed by atoms with van der Waals surface area (Å²) in [6, 6.07) is 5.21. The molecule has 0 fully saturated rings. The van der Waals surface area contributed by atoms with Gasteiger partial charge in [-0.3, -0.25) is 14.8 Å². The quantitative estimate of drug-likeness (QED) is 0.632. The number of benzene rings is 1. The van der Waals surface area contributed by atoms with Crippen molar-refractivity contribution in [1.29, 1.82) is 0 Å². The molecule has 0 aliphatic heterocycles. The fraction of sp³-hybridized carbons (Fsp3) is 0. The van der Waals surface area contributed by atoms with Crippen molar-refractivity contribution in [1.82, 2.24) is 19.9 Å². The maximum Gasteiger partial charge on any atom is 0.327 e. The van der Waals surface area contributed by atoms with Crippen LogP contribution in [0.4, 0.5) is 0 Å². The molecule has 0 bridgehead atoms. The number of nitrogens with zero attached hydrogens (tertiary/aromatic N) is 1. The van der Waals surface area contributed by atoms with Crippen molar-refractivity contribution in [3.8, 4) is 11.4 Å². The Bertz CT molecular complexity index is 896. The number of imidazole rings is 1. The van der Waals surface area contributed by atoms with E-state index >= 15 is 0 Å². The summed E-state index contributed by atoms with van der Waals surface area (Å²) in [6.07, 6.45) is 0. The Morgan fingerprint density at radius 2 is 1.95 bits per heavy atom. The molecule has 3 aromatic rings. The summed E-state index contributed by atoms with van der Waals surface area (Å²) in [6.45, 7) is 0. The first-order valence-electron chi connectivity index (χ1n) is 5.22. The van der Waals surface area contributed by atoms with Gasteiger partial charge in [0.1, 0.15) is 11.3 Å². The molecule has 0 saturated carbocycles. The molecule has 0 spiro atoms. The molecule has 3 rings (SSSR count). The molecule has 0 unspecified atom stereocenters. The lowest BCUT2D eigenvalue weighted by Gasteiger charge is -2.00. The predicted molar refractivity (Wildman–Crippen MR) is 75.5 cm³/mol. The molecule has 6 nitrogen and oxygen atoms in total. The SMILES string of the molecule is O=c1[nH]c(=O)c2[nH]c(-c3cc(Cl)ccc3Br)nc2[nH]1. The topological polar surface area (TPSA) is 94.4 Å². The Balaban J connectivity index is 2.32. The Morgan fingerprint density at radius 1 is 1.16 bits per heavy atom. The summed E-state index contributed by atoms with van der Waals surface area (Å²) in [7, 11) is 0. The van der Waals surface area contributed by atoms with Gasteiger partial charge >= 0.3 is 5.69 Å². The number of aromatic amines is 3. The van der Waals surface area contributed by atoms with Gasteiger partial charge in [0.2, 0.25) is 0 Å². The van der Waals surface area contributed by atoms with Gasteiger partial charge in [-0.15, -0.1) is 0 Å². The molecular formula is C11H6BrClN4O2. The number of halogens is 2. The van der Waals surface area contributed by atoms with Crippen molar-refractivity contribution in [3.63, 3.8) is 0 Å². The molecule has 8 heteroatoms. The van der Waals surface area contributed by atoms with E-state index in [2.05, 4.69) is 35.9 Å². The highest BCUT2D eigenvalue weighted by atomic mass is 79.9.